The van der Waals surface area contributed by atoms with Crippen molar-refractivity contribution in [3.63, 3.8) is 0 Å². The number of halogens is 2. The van der Waals surface area contributed by atoms with E-state index in [4.69, 9.17) is 26.8 Å². The third-order valence-electron chi connectivity index (χ3n) is 2.28. The van der Waals surface area contributed by atoms with Crippen LogP contribution in [-0.4, -0.2) is 29.3 Å². The number of anilines is 1. The van der Waals surface area contributed by atoms with Crippen molar-refractivity contribution in [3.05, 3.63) is 11.1 Å². The molecule has 0 aliphatic carbocycles. The zero-order valence-corrected chi connectivity index (χ0v) is 11.2. The van der Waals surface area contributed by atoms with Gasteiger partial charge in [0.2, 0.25) is 0 Å². The van der Waals surface area contributed by atoms with Crippen molar-refractivity contribution >= 4 is 40.7 Å². The van der Waals surface area contributed by atoms with Gasteiger partial charge in [-0.15, -0.1) is 12.4 Å². The second-order valence-electron chi connectivity index (χ2n) is 3.23. The Kier molecular flexibility index (Phi) is 4.26. The molecule has 2 rings (SSSR count). The zero-order valence-electron chi connectivity index (χ0n) is 9.60. The summed E-state index contributed by atoms with van der Waals surface area (Å²) < 4.78 is 10.3. The SMILES string of the molecule is COc1cc(Cl)c2nc(O)nc(N)c2c1OC.Cl. The van der Waals surface area contributed by atoms with Crippen molar-refractivity contribution in [2.45, 2.75) is 0 Å². The quantitative estimate of drug-likeness (QED) is 0.880. The summed E-state index contributed by atoms with van der Waals surface area (Å²) in [6.45, 7) is 0. The number of ether oxygens (including phenoxy) is 2. The number of hydrogen-bond donors (Lipinski definition) is 2. The van der Waals surface area contributed by atoms with Crippen molar-refractivity contribution in [1.82, 2.24) is 9.97 Å². The van der Waals surface area contributed by atoms with Gasteiger partial charge in [-0.2, -0.15) is 9.97 Å². The fraction of sp³-hybridized carbons (Fsp3) is 0.200. The molecule has 0 fully saturated rings. The topological polar surface area (TPSA) is 90.5 Å². The van der Waals surface area contributed by atoms with Crippen LogP contribution in [0.25, 0.3) is 10.9 Å². The molecule has 0 bridgehead atoms. The summed E-state index contributed by atoms with van der Waals surface area (Å²) in [4.78, 5) is 7.47. The second-order valence-corrected chi connectivity index (χ2v) is 3.63. The molecule has 1 aromatic carbocycles. The molecule has 3 N–H and O–H groups in total. The Morgan fingerprint density at radius 2 is 1.94 bits per heavy atom. The van der Waals surface area contributed by atoms with Crippen LogP contribution in [0.3, 0.4) is 0 Å². The average molecular weight is 292 g/mol. The van der Waals surface area contributed by atoms with E-state index in [-0.39, 0.29) is 18.2 Å². The summed E-state index contributed by atoms with van der Waals surface area (Å²) in [6, 6.07) is 1.10. The van der Waals surface area contributed by atoms with Gasteiger partial charge in [0, 0.05) is 6.07 Å². The first kappa shape index (κ1) is 14.4. The van der Waals surface area contributed by atoms with Gasteiger partial charge in [0.05, 0.1) is 24.6 Å². The minimum atomic E-state index is -0.441. The van der Waals surface area contributed by atoms with Gasteiger partial charge in [0.25, 0.3) is 0 Å². The molecule has 0 unspecified atom stereocenters. The molecule has 0 saturated carbocycles. The summed E-state index contributed by atoms with van der Waals surface area (Å²) in [5, 5.41) is 10.00. The van der Waals surface area contributed by atoms with Crippen LogP contribution in [0.2, 0.25) is 5.02 Å². The van der Waals surface area contributed by atoms with E-state index in [0.717, 1.165) is 0 Å². The van der Waals surface area contributed by atoms with Crippen LogP contribution >= 0.6 is 24.0 Å². The molecule has 0 atom stereocenters. The largest absolute Gasteiger partial charge is 0.493 e. The van der Waals surface area contributed by atoms with Gasteiger partial charge in [0.15, 0.2) is 11.5 Å². The maximum absolute atomic E-state index is 9.29. The Balaban J connectivity index is 0.00000162. The van der Waals surface area contributed by atoms with Gasteiger partial charge < -0.3 is 20.3 Å². The summed E-state index contributed by atoms with van der Waals surface area (Å²) >= 11 is 6.02. The molecule has 1 aromatic heterocycles. The van der Waals surface area contributed by atoms with Crippen LogP contribution in [-0.2, 0) is 0 Å². The van der Waals surface area contributed by atoms with Gasteiger partial charge in [-0.25, -0.2) is 0 Å². The van der Waals surface area contributed by atoms with Gasteiger partial charge in [0.1, 0.15) is 11.3 Å². The molecular weight excluding hydrogens is 281 g/mol. The van der Waals surface area contributed by atoms with E-state index in [1.54, 1.807) is 0 Å². The number of aromatic nitrogens is 2. The summed E-state index contributed by atoms with van der Waals surface area (Å²) in [6.07, 6.45) is 0. The molecule has 18 heavy (non-hydrogen) atoms. The second kappa shape index (κ2) is 5.32. The number of benzene rings is 1. The van der Waals surface area contributed by atoms with Gasteiger partial charge in [-0.05, 0) is 0 Å². The van der Waals surface area contributed by atoms with Crippen molar-refractivity contribution in [1.29, 1.82) is 0 Å². The van der Waals surface area contributed by atoms with Crippen LogP contribution in [0, 0.1) is 0 Å². The van der Waals surface area contributed by atoms with Crippen molar-refractivity contribution in [2.75, 3.05) is 20.0 Å². The lowest BCUT2D eigenvalue weighted by molar-refractivity contribution is 0.358. The van der Waals surface area contributed by atoms with Gasteiger partial charge >= 0.3 is 6.01 Å². The number of methoxy groups -OCH3 is 2. The molecule has 98 valence electrons. The first-order chi connectivity index (χ1) is 8.08. The molecule has 2 aromatic rings. The maximum atomic E-state index is 9.29. The Morgan fingerprint density at radius 1 is 1.28 bits per heavy atom. The molecule has 0 radical (unpaired) electrons. The summed E-state index contributed by atoms with van der Waals surface area (Å²) in [7, 11) is 2.95. The first-order valence-corrected chi connectivity index (χ1v) is 5.03. The van der Waals surface area contributed by atoms with E-state index >= 15 is 0 Å². The minimum Gasteiger partial charge on any atom is -0.493 e. The van der Waals surface area contributed by atoms with E-state index in [9.17, 15) is 5.11 Å². The number of nitrogens with two attached hydrogens (primary N) is 1. The highest BCUT2D eigenvalue weighted by atomic mass is 35.5. The van der Waals surface area contributed by atoms with E-state index in [1.807, 2.05) is 0 Å². The molecule has 0 aliphatic rings. The molecule has 1 heterocycles. The normalized spacial score (nSPS) is 9.94. The predicted octanol–water partition coefficient (Wildman–Crippen LogP) is 2.01. The molecule has 0 aliphatic heterocycles. The molecule has 0 saturated heterocycles. The minimum absolute atomic E-state index is 0. The standard InChI is InChI=1S/C10H10ClN3O3.ClH/c1-16-5-3-4(11)7-6(8(5)17-2)9(12)14-10(15)13-7;/h3H,1-2H3,(H3,12,13,14,15);1H. The number of nitrogens with zero attached hydrogens (tertiary/aromatic N) is 2. The monoisotopic (exact) mass is 291 g/mol. The molecule has 0 spiro atoms. The maximum Gasteiger partial charge on any atom is 0.316 e. The third kappa shape index (κ3) is 2.16. The number of fused-ring (bicyclic) bond motifs is 1. The number of nitrogen functional groups attached to an aromatic ring is 1. The highest BCUT2D eigenvalue weighted by Crippen LogP contribution is 2.41. The Labute approximate surface area is 114 Å². The fourth-order valence-electron chi connectivity index (χ4n) is 1.59. The molecular formula is C10H11Cl2N3O3. The van der Waals surface area contributed by atoms with Crippen LogP contribution in [0.5, 0.6) is 17.5 Å². The van der Waals surface area contributed by atoms with Gasteiger partial charge in [-0.1, -0.05) is 11.6 Å². The van der Waals surface area contributed by atoms with Crippen molar-refractivity contribution in [2.24, 2.45) is 0 Å². The number of aromatic hydroxyl groups is 1. The molecule has 8 heteroatoms. The zero-order chi connectivity index (χ0) is 12.6. The summed E-state index contributed by atoms with van der Waals surface area (Å²) in [5.41, 5.74) is 6.03. The van der Waals surface area contributed by atoms with Gasteiger partial charge in [-0.3, -0.25) is 0 Å². The summed E-state index contributed by atoms with van der Waals surface area (Å²) in [5.74, 6) is 0.875. The Morgan fingerprint density at radius 3 is 2.50 bits per heavy atom. The van der Waals surface area contributed by atoms with E-state index in [2.05, 4.69) is 9.97 Å². The lowest BCUT2D eigenvalue weighted by atomic mass is 10.2. The van der Waals surface area contributed by atoms with Crippen LogP contribution < -0.4 is 15.2 Å². The molecule has 0 amide bonds. The van der Waals surface area contributed by atoms with Crippen LogP contribution in [0.4, 0.5) is 5.82 Å². The number of hydrogen-bond acceptors (Lipinski definition) is 6. The third-order valence-corrected chi connectivity index (χ3v) is 2.57. The highest BCUT2D eigenvalue weighted by molar-refractivity contribution is 6.36. The number of rotatable bonds is 2. The lowest BCUT2D eigenvalue weighted by Crippen LogP contribution is -1.99. The smallest absolute Gasteiger partial charge is 0.316 e. The van der Waals surface area contributed by atoms with E-state index in [0.29, 0.717) is 27.4 Å². The van der Waals surface area contributed by atoms with Crippen molar-refractivity contribution < 1.29 is 14.6 Å². The molecule has 6 nitrogen and oxygen atoms in total. The fourth-order valence-corrected chi connectivity index (χ4v) is 1.82. The Hall–Kier alpha value is -1.66. The van der Waals surface area contributed by atoms with Crippen molar-refractivity contribution in [3.8, 4) is 17.5 Å². The van der Waals surface area contributed by atoms with Crippen LogP contribution in [0.15, 0.2) is 6.07 Å². The van der Waals surface area contributed by atoms with E-state index in [1.165, 1.54) is 20.3 Å². The highest BCUT2D eigenvalue weighted by Gasteiger charge is 2.18. The average Bonchev–Trinajstić information content (AvgIpc) is 2.29. The predicted molar refractivity (Wildman–Crippen MR) is 71.0 cm³/mol. The van der Waals surface area contributed by atoms with Crippen LogP contribution in [0.1, 0.15) is 0 Å². The first-order valence-electron chi connectivity index (χ1n) is 4.65. The lowest BCUT2D eigenvalue weighted by Gasteiger charge is -2.12. The van der Waals surface area contributed by atoms with E-state index < -0.39 is 6.01 Å². The Bertz CT molecular complexity index is 592.